The number of rotatable bonds is 3. The van der Waals surface area contributed by atoms with Crippen molar-refractivity contribution in [2.45, 2.75) is 56.7 Å². The van der Waals surface area contributed by atoms with Gasteiger partial charge in [0, 0.05) is 18.2 Å². The molecule has 0 amide bonds. The zero-order valence-electron chi connectivity index (χ0n) is 9.18. The SMILES string of the molecule is CC1(C)CC(CO)(NC2CC2)CCO1. The van der Waals surface area contributed by atoms with Crippen LogP contribution in [0.25, 0.3) is 0 Å². The second kappa shape index (κ2) is 3.47. The molecule has 82 valence electrons. The Morgan fingerprint density at radius 3 is 2.64 bits per heavy atom. The van der Waals surface area contributed by atoms with E-state index in [9.17, 15) is 5.11 Å². The van der Waals surface area contributed by atoms with E-state index in [0.29, 0.717) is 6.04 Å². The summed E-state index contributed by atoms with van der Waals surface area (Å²) >= 11 is 0. The Labute approximate surface area is 85.8 Å². The minimum atomic E-state index is -0.0944. The van der Waals surface area contributed by atoms with E-state index in [1.165, 1.54) is 12.8 Å². The molecule has 0 spiro atoms. The molecule has 3 nitrogen and oxygen atoms in total. The van der Waals surface area contributed by atoms with Gasteiger partial charge in [0.25, 0.3) is 0 Å². The summed E-state index contributed by atoms with van der Waals surface area (Å²) in [7, 11) is 0. The maximum absolute atomic E-state index is 9.53. The Morgan fingerprint density at radius 2 is 2.14 bits per heavy atom. The van der Waals surface area contributed by atoms with Gasteiger partial charge in [-0.2, -0.15) is 0 Å². The van der Waals surface area contributed by atoms with Gasteiger partial charge >= 0.3 is 0 Å². The Hall–Kier alpha value is -0.120. The molecular formula is C11H21NO2. The first-order chi connectivity index (χ1) is 6.55. The summed E-state index contributed by atoms with van der Waals surface area (Å²) in [6, 6.07) is 0.649. The van der Waals surface area contributed by atoms with Crippen LogP contribution < -0.4 is 5.32 Å². The highest BCUT2D eigenvalue weighted by molar-refractivity contribution is 5.00. The minimum absolute atomic E-state index is 0.0804. The average molecular weight is 199 g/mol. The number of hydrogen-bond acceptors (Lipinski definition) is 3. The van der Waals surface area contributed by atoms with Crippen molar-refractivity contribution in [2.75, 3.05) is 13.2 Å². The van der Waals surface area contributed by atoms with Gasteiger partial charge < -0.3 is 15.2 Å². The fourth-order valence-electron chi connectivity index (χ4n) is 2.44. The quantitative estimate of drug-likeness (QED) is 0.714. The van der Waals surface area contributed by atoms with E-state index in [2.05, 4.69) is 19.2 Å². The third-order valence-electron chi connectivity index (χ3n) is 3.23. The maximum Gasteiger partial charge on any atom is 0.0645 e. The Bertz CT molecular complexity index is 213. The van der Waals surface area contributed by atoms with Gasteiger partial charge in [-0.05, 0) is 39.5 Å². The second-order valence-corrected chi connectivity index (χ2v) is 5.39. The lowest BCUT2D eigenvalue weighted by molar-refractivity contribution is -0.0984. The zero-order chi connectivity index (χ0) is 10.2. The molecule has 1 saturated heterocycles. The highest BCUT2D eigenvalue weighted by atomic mass is 16.5. The first-order valence-corrected chi connectivity index (χ1v) is 5.58. The molecular weight excluding hydrogens is 178 g/mol. The summed E-state index contributed by atoms with van der Waals surface area (Å²) in [5.41, 5.74) is -0.175. The molecule has 2 rings (SSSR count). The van der Waals surface area contributed by atoms with Crippen molar-refractivity contribution >= 4 is 0 Å². The zero-order valence-corrected chi connectivity index (χ0v) is 9.18. The molecule has 0 radical (unpaired) electrons. The molecule has 0 aromatic heterocycles. The third kappa shape index (κ3) is 2.27. The molecule has 0 aromatic carbocycles. The molecule has 1 heterocycles. The van der Waals surface area contributed by atoms with Crippen LogP contribution in [0.1, 0.15) is 39.5 Å². The maximum atomic E-state index is 9.53. The molecule has 1 atom stereocenters. The number of nitrogens with one attached hydrogen (secondary N) is 1. The van der Waals surface area contributed by atoms with Crippen LogP contribution in [0.15, 0.2) is 0 Å². The molecule has 2 fully saturated rings. The third-order valence-corrected chi connectivity index (χ3v) is 3.23. The van der Waals surface area contributed by atoms with Crippen LogP contribution in [-0.4, -0.2) is 35.5 Å². The van der Waals surface area contributed by atoms with Crippen molar-refractivity contribution in [2.24, 2.45) is 0 Å². The van der Waals surface area contributed by atoms with Gasteiger partial charge in [-0.25, -0.2) is 0 Å². The van der Waals surface area contributed by atoms with Gasteiger partial charge in [0.15, 0.2) is 0 Å². The predicted octanol–water partition coefficient (Wildman–Crippen LogP) is 1.06. The molecule has 1 aliphatic carbocycles. The van der Waals surface area contributed by atoms with E-state index < -0.39 is 0 Å². The molecule has 2 N–H and O–H groups in total. The van der Waals surface area contributed by atoms with Crippen LogP contribution in [0, 0.1) is 0 Å². The fraction of sp³-hybridized carbons (Fsp3) is 1.00. The molecule has 0 bridgehead atoms. The van der Waals surface area contributed by atoms with E-state index in [4.69, 9.17) is 4.74 Å². The van der Waals surface area contributed by atoms with Gasteiger partial charge in [0.05, 0.1) is 12.2 Å². The average Bonchev–Trinajstić information content (AvgIpc) is 2.86. The lowest BCUT2D eigenvalue weighted by atomic mass is 9.81. The molecule has 1 aliphatic heterocycles. The van der Waals surface area contributed by atoms with E-state index in [0.717, 1.165) is 19.4 Å². The summed E-state index contributed by atoms with van der Waals surface area (Å²) in [6.45, 7) is 5.19. The van der Waals surface area contributed by atoms with Crippen LogP contribution in [-0.2, 0) is 4.74 Å². The van der Waals surface area contributed by atoms with Crippen LogP contribution in [0.2, 0.25) is 0 Å². The van der Waals surface area contributed by atoms with Gasteiger partial charge in [0.1, 0.15) is 0 Å². The largest absolute Gasteiger partial charge is 0.394 e. The van der Waals surface area contributed by atoms with Gasteiger partial charge in [0.2, 0.25) is 0 Å². The van der Waals surface area contributed by atoms with Gasteiger partial charge in [-0.3, -0.25) is 0 Å². The summed E-state index contributed by atoms with van der Waals surface area (Å²) in [5, 5.41) is 13.1. The summed E-state index contributed by atoms with van der Waals surface area (Å²) < 4.78 is 5.67. The van der Waals surface area contributed by atoms with Crippen LogP contribution in [0.5, 0.6) is 0 Å². The molecule has 0 aromatic rings. The number of ether oxygens (including phenoxy) is 1. The van der Waals surface area contributed by atoms with E-state index >= 15 is 0 Å². The van der Waals surface area contributed by atoms with Crippen LogP contribution in [0.3, 0.4) is 0 Å². The van der Waals surface area contributed by atoms with E-state index in [-0.39, 0.29) is 17.7 Å². The second-order valence-electron chi connectivity index (χ2n) is 5.39. The molecule has 1 unspecified atom stereocenters. The highest BCUT2D eigenvalue weighted by Gasteiger charge is 2.43. The summed E-state index contributed by atoms with van der Waals surface area (Å²) in [5.74, 6) is 0. The Balaban J connectivity index is 2.01. The van der Waals surface area contributed by atoms with E-state index in [1.54, 1.807) is 0 Å². The van der Waals surface area contributed by atoms with Crippen molar-refractivity contribution in [3.05, 3.63) is 0 Å². The predicted molar refractivity (Wildman–Crippen MR) is 55.2 cm³/mol. The van der Waals surface area contributed by atoms with Crippen molar-refractivity contribution in [1.82, 2.24) is 5.32 Å². The normalized spacial score (nSPS) is 37.1. The smallest absolute Gasteiger partial charge is 0.0645 e. The Morgan fingerprint density at radius 1 is 1.43 bits per heavy atom. The molecule has 3 heteroatoms. The van der Waals surface area contributed by atoms with Crippen molar-refractivity contribution < 1.29 is 9.84 Å². The minimum Gasteiger partial charge on any atom is -0.394 e. The van der Waals surface area contributed by atoms with E-state index in [1.807, 2.05) is 0 Å². The van der Waals surface area contributed by atoms with Crippen LogP contribution in [0.4, 0.5) is 0 Å². The number of aliphatic hydroxyl groups excluding tert-OH is 1. The fourth-order valence-corrected chi connectivity index (χ4v) is 2.44. The molecule has 1 saturated carbocycles. The lowest BCUT2D eigenvalue weighted by Gasteiger charge is -2.44. The summed E-state index contributed by atoms with van der Waals surface area (Å²) in [4.78, 5) is 0. The first kappa shape index (κ1) is 10.4. The molecule has 14 heavy (non-hydrogen) atoms. The Kier molecular flexibility index (Phi) is 2.58. The van der Waals surface area contributed by atoms with Crippen molar-refractivity contribution in [3.8, 4) is 0 Å². The standard InChI is InChI=1S/C11H21NO2/c1-10(2)7-11(8-13,5-6-14-10)12-9-3-4-9/h9,12-13H,3-8H2,1-2H3. The van der Waals surface area contributed by atoms with Crippen molar-refractivity contribution in [1.29, 1.82) is 0 Å². The number of aliphatic hydroxyl groups is 1. The molecule has 2 aliphatic rings. The monoisotopic (exact) mass is 199 g/mol. The van der Waals surface area contributed by atoms with Crippen molar-refractivity contribution in [3.63, 3.8) is 0 Å². The number of hydrogen-bond donors (Lipinski definition) is 2. The first-order valence-electron chi connectivity index (χ1n) is 5.58. The van der Waals surface area contributed by atoms with Crippen LogP contribution >= 0.6 is 0 Å². The summed E-state index contributed by atoms with van der Waals surface area (Å²) in [6.07, 6.45) is 4.38. The topological polar surface area (TPSA) is 41.5 Å². The lowest BCUT2D eigenvalue weighted by Crippen LogP contribution is -2.57. The van der Waals surface area contributed by atoms with Gasteiger partial charge in [-0.15, -0.1) is 0 Å². The van der Waals surface area contributed by atoms with Gasteiger partial charge in [-0.1, -0.05) is 0 Å². The highest BCUT2D eigenvalue weighted by Crippen LogP contribution is 2.34.